The molecule has 0 radical (unpaired) electrons. The Labute approximate surface area is 192 Å². The molecule has 0 bridgehead atoms. The molecule has 0 saturated carbocycles. The molecule has 166 valence electrons. The number of nitrogens with zero attached hydrogens (tertiary/aromatic N) is 2. The average molecular weight is 462 g/mol. The second-order valence-electron chi connectivity index (χ2n) is 7.84. The van der Waals surface area contributed by atoms with Crippen LogP contribution in [0.15, 0.2) is 24.3 Å². The van der Waals surface area contributed by atoms with Gasteiger partial charge < -0.3 is 19.9 Å². The van der Waals surface area contributed by atoms with Crippen molar-refractivity contribution in [1.29, 1.82) is 0 Å². The zero-order valence-corrected chi connectivity index (χ0v) is 19.4. The summed E-state index contributed by atoms with van der Waals surface area (Å²) in [4.78, 5) is 18.2. The quantitative estimate of drug-likeness (QED) is 0.399. The van der Waals surface area contributed by atoms with Crippen molar-refractivity contribution in [1.82, 2.24) is 4.90 Å². The molecule has 8 heteroatoms. The number of hydrogen-bond acceptors (Lipinski definition) is 5. The summed E-state index contributed by atoms with van der Waals surface area (Å²) in [6, 6.07) is 6.87. The number of hydrogen-bond donors (Lipinski definition) is 1. The molecule has 1 aromatic heterocycles. The van der Waals surface area contributed by atoms with E-state index in [9.17, 15) is 9.18 Å². The van der Waals surface area contributed by atoms with Crippen LogP contribution in [0.4, 0.5) is 15.1 Å². The van der Waals surface area contributed by atoms with Crippen molar-refractivity contribution in [3.8, 4) is 0 Å². The summed E-state index contributed by atoms with van der Waals surface area (Å²) in [7, 11) is 0. The largest absolute Gasteiger partial charge is 0.462 e. The van der Waals surface area contributed by atoms with Gasteiger partial charge in [0, 0.05) is 31.1 Å². The van der Waals surface area contributed by atoms with Crippen LogP contribution in [-0.2, 0) is 17.6 Å². The van der Waals surface area contributed by atoms with Crippen molar-refractivity contribution in [3.05, 3.63) is 46.1 Å². The molecule has 1 aromatic carbocycles. The molecule has 2 heterocycles. The van der Waals surface area contributed by atoms with E-state index in [1.807, 2.05) is 24.0 Å². The van der Waals surface area contributed by atoms with E-state index in [0.717, 1.165) is 36.2 Å². The molecule has 0 amide bonds. The van der Waals surface area contributed by atoms with Gasteiger partial charge in [0.25, 0.3) is 0 Å². The number of aryl methyl sites for hydroxylation is 1. The molecule has 1 aliphatic carbocycles. The van der Waals surface area contributed by atoms with Crippen LogP contribution in [0.3, 0.4) is 0 Å². The molecule has 1 N–H and O–H groups in total. The molecule has 1 saturated heterocycles. The molecule has 1 aliphatic heterocycles. The van der Waals surface area contributed by atoms with Crippen molar-refractivity contribution in [2.45, 2.75) is 39.0 Å². The predicted octanol–water partition coefficient (Wildman–Crippen LogP) is 4.85. The Morgan fingerprint density at radius 3 is 2.65 bits per heavy atom. The van der Waals surface area contributed by atoms with Gasteiger partial charge in [0.05, 0.1) is 17.9 Å². The zero-order valence-electron chi connectivity index (χ0n) is 17.8. The Morgan fingerprint density at radius 1 is 1.16 bits per heavy atom. The zero-order chi connectivity index (χ0) is 21.8. The first-order valence-corrected chi connectivity index (χ1v) is 12.2. The minimum absolute atomic E-state index is 0.198. The molecular weight excluding hydrogens is 433 g/mol. The Hall–Kier alpha value is -2.19. The molecule has 1 fully saturated rings. The SMILES string of the molecule is CCOC(=O)c1c(NC(=S)N2CCN(c3ccccc3F)CC2)sc2c1CCCCC2. The first-order chi connectivity index (χ1) is 15.1. The van der Waals surface area contributed by atoms with Crippen LogP contribution in [0.5, 0.6) is 0 Å². The molecule has 2 aliphatic rings. The third kappa shape index (κ3) is 4.85. The Bertz CT molecular complexity index is 954. The van der Waals surface area contributed by atoms with Gasteiger partial charge in [-0.25, -0.2) is 9.18 Å². The minimum Gasteiger partial charge on any atom is -0.462 e. The van der Waals surface area contributed by atoms with E-state index in [0.29, 0.717) is 49.1 Å². The number of rotatable bonds is 4. The van der Waals surface area contributed by atoms with Gasteiger partial charge in [-0.05, 0) is 62.5 Å². The van der Waals surface area contributed by atoms with Gasteiger partial charge in [0.15, 0.2) is 5.11 Å². The summed E-state index contributed by atoms with van der Waals surface area (Å²) in [5, 5.41) is 4.75. The highest BCUT2D eigenvalue weighted by molar-refractivity contribution is 7.80. The Kier molecular flexibility index (Phi) is 7.07. The first-order valence-electron chi connectivity index (χ1n) is 11.0. The number of carbonyl (C=O) groups excluding carboxylic acids is 1. The van der Waals surface area contributed by atoms with Gasteiger partial charge in [-0.2, -0.15) is 0 Å². The van der Waals surface area contributed by atoms with Crippen LogP contribution in [0, 0.1) is 5.82 Å². The van der Waals surface area contributed by atoms with Crippen LogP contribution in [0.1, 0.15) is 47.0 Å². The maximum Gasteiger partial charge on any atom is 0.341 e. The number of benzene rings is 1. The van der Waals surface area contributed by atoms with Gasteiger partial charge in [-0.15, -0.1) is 11.3 Å². The van der Waals surface area contributed by atoms with Gasteiger partial charge >= 0.3 is 5.97 Å². The Balaban J connectivity index is 1.46. The number of ether oxygens (including phenoxy) is 1. The van der Waals surface area contributed by atoms with Crippen LogP contribution >= 0.6 is 23.6 Å². The van der Waals surface area contributed by atoms with Crippen molar-refractivity contribution >= 4 is 45.3 Å². The normalized spacial score (nSPS) is 16.5. The molecule has 2 aromatic rings. The smallest absolute Gasteiger partial charge is 0.341 e. The molecular formula is C23H28FN3O2S2. The number of carbonyl (C=O) groups is 1. The van der Waals surface area contributed by atoms with Crippen LogP contribution in [0.2, 0.25) is 0 Å². The number of halogens is 1. The van der Waals surface area contributed by atoms with Crippen molar-refractivity contribution in [2.75, 3.05) is 43.0 Å². The van der Waals surface area contributed by atoms with Crippen molar-refractivity contribution in [3.63, 3.8) is 0 Å². The summed E-state index contributed by atoms with van der Waals surface area (Å²) in [5.74, 6) is -0.465. The first kappa shape index (κ1) is 22.0. The molecule has 0 spiro atoms. The molecule has 4 rings (SSSR count). The second kappa shape index (κ2) is 9.96. The summed E-state index contributed by atoms with van der Waals surface area (Å²) in [5.41, 5.74) is 2.43. The second-order valence-corrected chi connectivity index (χ2v) is 9.34. The predicted molar refractivity (Wildman–Crippen MR) is 128 cm³/mol. The van der Waals surface area contributed by atoms with E-state index >= 15 is 0 Å². The fraction of sp³-hybridized carbons (Fsp3) is 0.478. The standard InChI is InChI=1S/C23H28FN3O2S2/c1-2-29-22(28)20-16-8-4-3-5-11-19(16)31-21(20)25-23(30)27-14-12-26(13-15-27)18-10-7-6-9-17(18)24/h6-7,9-10H,2-5,8,11-15H2,1H3,(H,25,30). The summed E-state index contributed by atoms with van der Waals surface area (Å²) < 4.78 is 19.5. The third-order valence-electron chi connectivity index (χ3n) is 5.88. The average Bonchev–Trinajstić information content (AvgIpc) is 2.94. The highest BCUT2D eigenvalue weighted by Crippen LogP contribution is 2.38. The van der Waals surface area contributed by atoms with E-state index in [1.54, 1.807) is 17.4 Å². The van der Waals surface area contributed by atoms with Crippen molar-refractivity contribution < 1.29 is 13.9 Å². The number of para-hydroxylation sites is 1. The lowest BCUT2D eigenvalue weighted by atomic mass is 10.1. The van der Waals surface area contributed by atoms with Gasteiger partial charge in [0.2, 0.25) is 0 Å². The molecule has 0 atom stereocenters. The molecule has 31 heavy (non-hydrogen) atoms. The maximum atomic E-state index is 14.1. The fourth-order valence-electron chi connectivity index (χ4n) is 4.28. The number of esters is 1. The van der Waals surface area contributed by atoms with Crippen LogP contribution < -0.4 is 10.2 Å². The highest BCUT2D eigenvalue weighted by atomic mass is 32.1. The fourth-order valence-corrected chi connectivity index (χ4v) is 5.91. The van der Waals surface area contributed by atoms with Crippen LogP contribution in [0.25, 0.3) is 0 Å². The number of nitrogens with one attached hydrogen (secondary N) is 1. The van der Waals surface area contributed by atoms with Gasteiger partial charge in [-0.1, -0.05) is 18.6 Å². The van der Waals surface area contributed by atoms with Crippen LogP contribution in [-0.4, -0.2) is 48.8 Å². The monoisotopic (exact) mass is 461 g/mol. The van der Waals surface area contributed by atoms with Gasteiger partial charge in [-0.3, -0.25) is 0 Å². The Morgan fingerprint density at radius 2 is 1.90 bits per heavy atom. The third-order valence-corrected chi connectivity index (χ3v) is 7.45. The topological polar surface area (TPSA) is 44.8 Å². The number of fused-ring (bicyclic) bond motifs is 1. The van der Waals surface area contributed by atoms with E-state index in [-0.39, 0.29) is 11.8 Å². The summed E-state index contributed by atoms with van der Waals surface area (Å²) in [6.45, 7) is 4.95. The van der Waals surface area contributed by atoms with Crippen molar-refractivity contribution in [2.24, 2.45) is 0 Å². The summed E-state index contributed by atoms with van der Waals surface area (Å²) in [6.07, 6.45) is 5.35. The lowest BCUT2D eigenvalue weighted by Crippen LogP contribution is -2.50. The maximum absolute atomic E-state index is 14.1. The number of anilines is 2. The number of piperazine rings is 1. The highest BCUT2D eigenvalue weighted by Gasteiger charge is 2.28. The summed E-state index contributed by atoms with van der Waals surface area (Å²) >= 11 is 7.33. The van der Waals surface area contributed by atoms with Gasteiger partial charge in [0.1, 0.15) is 10.8 Å². The lowest BCUT2D eigenvalue weighted by molar-refractivity contribution is 0.0527. The van der Waals surface area contributed by atoms with E-state index in [2.05, 4.69) is 10.2 Å². The van der Waals surface area contributed by atoms with E-state index in [4.69, 9.17) is 17.0 Å². The minimum atomic E-state index is -0.267. The van der Waals surface area contributed by atoms with E-state index in [1.165, 1.54) is 17.4 Å². The lowest BCUT2D eigenvalue weighted by Gasteiger charge is -2.37. The number of thiophene rings is 1. The van der Waals surface area contributed by atoms with E-state index < -0.39 is 0 Å². The molecule has 0 unspecified atom stereocenters. The number of thiocarbonyl (C=S) groups is 1. The molecule has 5 nitrogen and oxygen atoms in total.